The summed E-state index contributed by atoms with van der Waals surface area (Å²) in [7, 11) is 2.24. The fourth-order valence-electron chi connectivity index (χ4n) is 1.79. The monoisotopic (exact) mass is 198 g/mol. The number of hydrogen-bond acceptors (Lipinski definition) is 2. The smallest absolute Gasteiger partial charge is 0.00998 e. The zero-order chi connectivity index (χ0) is 10.8. The lowest BCUT2D eigenvalue weighted by Crippen LogP contribution is -2.42. The summed E-state index contributed by atoms with van der Waals surface area (Å²) in [5.41, 5.74) is 6.38. The van der Waals surface area contributed by atoms with E-state index in [4.69, 9.17) is 5.73 Å². The summed E-state index contributed by atoms with van der Waals surface area (Å²) < 4.78 is 0. The van der Waals surface area contributed by atoms with Crippen molar-refractivity contribution in [3.63, 3.8) is 0 Å². The van der Waals surface area contributed by atoms with Crippen LogP contribution in [-0.2, 0) is 0 Å². The summed E-state index contributed by atoms with van der Waals surface area (Å²) in [4.78, 5) is 2.48. The van der Waals surface area contributed by atoms with Crippen molar-refractivity contribution in [3.8, 4) is 0 Å². The number of rotatable bonds is 4. The Morgan fingerprint density at radius 2 is 1.93 bits per heavy atom. The van der Waals surface area contributed by atoms with Crippen molar-refractivity contribution in [1.82, 2.24) is 4.90 Å². The first-order valence-corrected chi connectivity index (χ1v) is 5.87. The molecule has 2 heteroatoms. The van der Waals surface area contributed by atoms with E-state index in [2.05, 4.69) is 32.7 Å². The molecule has 0 aromatic rings. The fourth-order valence-corrected chi connectivity index (χ4v) is 1.79. The second kappa shape index (κ2) is 4.63. The summed E-state index contributed by atoms with van der Waals surface area (Å²) in [6.07, 6.45) is 5.32. The highest BCUT2D eigenvalue weighted by atomic mass is 15.1. The molecule has 0 aliphatic heterocycles. The summed E-state index contributed by atoms with van der Waals surface area (Å²) in [5.74, 6) is 0. The molecule has 0 spiro atoms. The molecule has 1 atom stereocenters. The Morgan fingerprint density at radius 1 is 1.36 bits per heavy atom. The van der Waals surface area contributed by atoms with Gasteiger partial charge >= 0.3 is 0 Å². The third kappa shape index (κ3) is 3.25. The summed E-state index contributed by atoms with van der Waals surface area (Å²) in [5, 5.41) is 0. The third-order valence-corrected chi connectivity index (χ3v) is 3.60. The molecule has 0 saturated heterocycles. The second-order valence-corrected chi connectivity index (χ2v) is 5.83. The van der Waals surface area contributed by atoms with Gasteiger partial charge in [0, 0.05) is 12.1 Å². The van der Waals surface area contributed by atoms with E-state index in [1.807, 2.05) is 0 Å². The molecule has 2 N–H and O–H groups in total. The van der Waals surface area contributed by atoms with Crippen LogP contribution >= 0.6 is 0 Å². The Balaban J connectivity index is 2.18. The number of nitrogens with zero attached hydrogens (tertiary/aromatic N) is 1. The van der Waals surface area contributed by atoms with Gasteiger partial charge in [0.2, 0.25) is 0 Å². The van der Waals surface area contributed by atoms with E-state index in [1.165, 1.54) is 19.3 Å². The van der Waals surface area contributed by atoms with E-state index in [-0.39, 0.29) is 5.41 Å². The Labute approximate surface area is 88.8 Å². The second-order valence-electron chi connectivity index (χ2n) is 5.83. The van der Waals surface area contributed by atoms with Crippen LogP contribution in [0.5, 0.6) is 0 Å². The van der Waals surface area contributed by atoms with E-state index < -0.39 is 0 Å². The normalized spacial score (nSPS) is 21.0. The van der Waals surface area contributed by atoms with Gasteiger partial charge in [-0.05, 0) is 38.3 Å². The molecular formula is C12H26N2. The Kier molecular flexibility index (Phi) is 3.96. The van der Waals surface area contributed by atoms with Crippen LogP contribution in [0.4, 0.5) is 0 Å². The molecule has 14 heavy (non-hydrogen) atoms. The molecule has 0 bridgehead atoms. The quantitative estimate of drug-likeness (QED) is 0.750. The largest absolute Gasteiger partial charge is 0.327 e. The van der Waals surface area contributed by atoms with Crippen LogP contribution in [0.25, 0.3) is 0 Å². The molecule has 0 heterocycles. The maximum absolute atomic E-state index is 6.13. The summed E-state index contributed by atoms with van der Waals surface area (Å²) >= 11 is 0. The predicted molar refractivity (Wildman–Crippen MR) is 62.3 cm³/mol. The summed E-state index contributed by atoms with van der Waals surface area (Å²) in [6, 6.07) is 1.17. The van der Waals surface area contributed by atoms with Crippen LogP contribution in [0.3, 0.4) is 0 Å². The topological polar surface area (TPSA) is 29.3 Å². The van der Waals surface area contributed by atoms with Gasteiger partial charge in [0.15, 0.2) is 0 Å². The van der Waals surface area contributed by atoms with Crippen LogP contribution in [0, 0.1) is 5.41 Å². The summed E-state index contributed by atoms with van der Waals surface area (Å²) in [6.45, 7) is 7.83. The van der Waals surface area contributed by atoms with Gasteiger partial charge in [-0.2, -0.15) is 0 Å². The van der Waals surface area contributed by atoms with Crippen LogP contribution in [0.15, 0.2) is 0 Å². The average Bonchev–Trinajstić information content (AvgIpc) is 1.94. The number of hydrogen-bond donors (Lipinski definition) is 1. The molecule has 84 valence electrons. The average molecular weight is 198 g/mol. The van der Waals surface area contributed by atoms with E-state index >= 15 is 0 Å². The predicted octanol–water partition coefficient (Wildman–Crippen LogP) is 2.23. The molecule has 2 nitrogen and oxygen atoms in total. The van der Waals surface area contributed by atoms with Gasteiger partial charge in [0.25, 0.3) is 0 Å². The van der Waals surface area contributed by atoms with Gasteiger partial charge in [-0.15, -0.1) is 0 Å². The van der Waals surface area contributed by atoms with Crippen LogP contribution < -0.4 is 5.73 Å². The van der Waals surface area contributed by atoms with Gasteiger partial charge < -0.3 is 10.6 Å². The van der Waals surface area contributed by atoms with Gasteiger partial charge in [-0.3, -0.25) is 0 Å². The Morgan fingerprint density at radius 3 is 2.29 bits per heavy atom. The third-order valence-electron chi connectivity index (χ3n) is 3.60. The highest BCUT2D eigenvalue weighted by Gasteiger charge is 2.24. The molecule has 1 rings (SSSR count). The van der Waals surface area contributed by atoms with Gasteiger partial charge in [0.1, 0.15) is 0 Å². The molecular weight excluding hydrogens is 172 g/mol. The molecule has 1 saturated carbocycles. The maximum Gasteiger partial charge on any atom is 0.00998 e. The zero-order valence-corrected chi connectivity index (χ0v) is 10.2. The first-order chi connectivity index (χ1) is 6.41. The molecule has 1 aliphatic rings. The lowest BCUT2D eigenvalue weighted by molar-refractivity contribution is 0.146. The molecule has 0 amide bonds. The first kappa shape index (κ1) is 12.0. The minimum absolute atomic E-state index is 0.250. The highest BCUT2D eigenvalue weighted by Crippen LogP contribution is 2.25. The van der Waals surface area contributed by atoms with Gasteiger partial charge in [-0.25, -0.2) is 0 Å². The van der Waals surface area contributed by atoms with Crippen LogP contribution in [-0.4, -0.2) is 30.6 Å². The van der Waals surface area contributed by atoms with Crippen molar-refractivity contribution in [2.45, 2.75) is 58.5 Å². The van der Waals surface area contributed by atoms with E-state index in [9.17, 15) is 0 Å². The Bertz CT molecular complexity index is 168. The SMILES string of the molecule is CN(CCC(N)C(C)(C)C)C1CCC1. The molecule has 1 aliphatic carbocycles. The van der Waals surface area contributed by atoms with E-state index in [0.29, 0.717) is 6.04 Å². The number of nitrogens with two attached hydrogens (primary N) is 1. The van der Waals surface area contributed by atoms with E-state index in [0.717, 1.165) is 19.0 Å². The molecule has 0 aromatic heterocycles. The Hall–Kier alpha value is -0.0800. The molecule has 0 aromatic carbocycles. The fraction of sp³-hybridized carbons (Fsp3) is 1.00. The van der Waals surface area contributed by atoms with Crippen molar-refractivity contribution >= 4 is 0 Å². The van der Waals surface area contributed by atoms with Crippen molar-refractivity contribution in [2.24, 2.45) is 11.1 Å². The van der Waals surface area contributed by atoms with Gasteiger partial charge in [0.05, 0.1) is 0 Å². The van der Waals surface area contributed by atoms with Crippen molar-refractivity contribution in [3.05, 3.63) is 0 Å². The van der Waals surface area contributed by atoms with Crippen molar-refractivity contribution in [1.29, 1.82) is 0 Å². The lowest BCUT2D eigenvalue weighted by Gasteiger charge is -2.36. The first-order valence-electron chi connectivity index (χ1n) is 5.87. The van der Waals surface area contributed by atoms with Crippen molar-refractivity contribution in [2.75, 3.05) is 13.6 Å². The zero-order valence-electron chi connectivity index (χ0n) is 10.2. The minimum Gasteiger partial charge on any atom is -0.327 e. The minimum atomic E-state index is 0.250. The molecule has 1 fully saturated rings. The molecule has 0 radical (unpaired) electrons. The van der Waals surface area contributed by atoms with E-state index in [1.54, 1.807) is 0 Å². The maximum atomic E-state index is 6.13. The van der Waals surface area contributed by atoms with Crippen molar-refractivity contribution < 1.29 is 0 Å². The highest BCUT2D eigenvalue weighted by molar-refractivity contribution is 4.81. The van der Waals surface area contributed by atoms with Crippen LogP contribution in [0.1, 0.15) is 46.5 Å². The van der Waals surface area contributed by atoms with Gasteiger partial charge in [-0.1, -0.05) is 27.2 Å². The molecule has 1 unspecified atom stereocenters. The standard InChI is InChI=1S/C12H26N2/c1-12(2,3)11(13)8-9-14(4)10-6-5-7-10/h10-11H,5-9,13H2,1-4H3. The lowest BCUT2D eigenvalue weighted by atomic mass is 9.85. The van der Waals surface area contributed by atoms with Crippen LogP contribution in [0.2, 0.25) is 0 Å².